The summed E-state index contributed by atoms with van der Waals surface area (Å²) in [5.41, 5.74) is 0. The highest BCUT2D eigenvalue weighted by atomic mass is 16.5. The summed E-state index contributed by atoms with van der Waals surface area (Å²) in [6.45, 7) is 0.711. The lowest BCUT2D eigenvalue weighted by molar-refractivity contribution is -0.145. The van der Waals surface area contributed by atoms with Crippen molar-refractivity contribution in [2.75, 3.05) is 19.8 Å². The predicted molar refractivity (Wildman–Crippen MR) is 86.5 cm³/mol. The lowest BCUT2D eigenvalue weighted by Crippen LogP contribution is -2.52. The molecule has 1 aliphatic heterocycles. The molecule has 2 unspecified atom stereocenters. The number of nitrogens with one attached hydrogen (secondary N) is 3. The molecule has 24 heavy (non-hydrogen) atoms. The highest BCUT2D eigenvalue weighted by molar-refractivity contribution is 5.87. The van der Waals surface area contributed by atoms with Gasteiger partial charge in [0.05, 0.1) is 13.2 Å². The molecule has 0 aromatic carbocycles. The molecule has 0 spiro atoms. The third-order valence-corrected chi connectivity index (χ3v) is 4.60. The second kappa shape index (κ2) is 9.46. The van der Waals surface area contributed by atoms with Crippen LogP contribution in [0.4, 0.5) is 4.79 Å². The quantitative estimate of drug-likeness (QED) is 0.565. The summed E-state index contributed by atoms with van der Waals surface area (Å²) in [4.78, 5) is 35.1. The summed E-state index contributed by atoms with van der Waals surface area (Å²) in [6, 6.07) is -1.21. The molecule has 1 saturated heterocycles. The van der Waals surface area contributed by atoms with Gasteiger partial charge in [0.2, 0.25) is 5.91 Å². The summed E-state index contributed by atoms with van der Waals surface area (Å²) in [5.74, 6) is -1.83. The molecule has 0 aromatic rings. The lowest BCUT2D eigenvalue weighted by Gasteiger charge is -2.28. The minimum absolute atomic E-state index is 0.160. The molecule has 8 nitrogen and oxygen atoms in total. The van der Waals surface area contributed by atoms with Crippen molar-refractivity contribution in [2.24, 2.45) is 5.92 Å². The number of aliphatic carboxylic acids is 1. The standard InChI is InChI=1S/C16H27N3O5/c20-13(9-17-16(23)18-12-6-2-1-3-7-12)19-14(15(21)22)11-5-4-8-24-10-11/h11-12,14H,1-10H2,(H,19,20)(H,21,22)(H2,17,18,23). The molecule has 2 atom stereocenters. The third-order valence-electron chi connectivity index (χ3n) is 4.60. The lowest BCUT2D eigenvalue weighted by atomic mass is 9.93. The monoisotopic (exact) mass is 341 g/mol. The Labute approximate surface area is 141 Å². The van der Waals surface area contributed by atoms with Gasteiger partial charge in [-0.1, -0.05) is 19.3 Å². The molecule has 1 saturated carbocycles. The van der Waals surface area contributed by atoms with E-state index in [1.54, 1.807) is 0 Å². The first-order valence-electron chi connectivity index (χ1n) is 8.70. The molecular weight excluding hydrogens is 314 g/mol. The Balaban J connectivity index is 1.71. The van der Waals surface area contributed by atoms with E-state index in [-0.39, 0.29) is 24.5 Å². The van der Waals surface area contributed by atoms with Gasteiger partial charge in [-0.15, -0.1) is 0 Å². The van der Waals surface area contributed by atoms with Crippen molar-refractivity contribution in [3.05, 3.63) is 0 Å². The molecule has 2 rings (SSSR count). The smallest absolute Gasteiger partial charge is 0.326 e. The Morgan fingerprint density at radius 2 is 1.83 bits per heavy atom. The summed E-state index contributed by atoms with van der Waals surface area (Å²) in [5, 5.41) is 17.1. The van der Waals surface area contributed by atoms with Crippen molar-refractivity contribution < 1.29 is 24.2 Å². The molecule has 136 valence electrons. The van der Waals surface area contributed by atoms with E-state index in [2.05, 4.69) is 16.0 Å². The van der Waals surface area contributed by atoms with Crippen LogP contribution < -0.4 is 16.0 Å². The number of rotatable bonds is 6. The highest BCUT2D eigenvalue weighted by Crippen LogP contribution is 2.18. The molecule has 1 heterocycles. The summed E-state index contributed by atoms with van der Waals surface area (Å²) >= 11 is 0. The van der Waals surface area contributed by atoms with E-state index in [0.29, 0.717) is 19.6 Å². The SMILES string of the molecule is O=C(CNC(=O)NC1CCCCC1)NC(C(=O)O)C1CCCOC1. The maximum atomic E-state index is 11.9. The van der Waals surface area contributed by atoms with Crippen molar-refractivity contribution in [1.82, 2.24) is 16.0 Å². The zero-order chi connectivity index (χ0) is 17.4. The maximum Gasteiger partial charge on any atom is 0.326 e. The van der Waals surface area contributed by atoms with Gasteiger partial charge in [0.15, 0.2) is 0 Å². The fourth-order valence-corrected chi connectivity index (χ4v) is 3.28. The number of urea groups is 1. The van der Waals surface area contributed by atoms with Crippen LogP contribution >= 0.6 is 0 Å². The van der Waals surface area contributed by atoms with E-state index in [4.69, 9.17) is 4.74 Å². The van der Waals surface area contributed by atoms with Crippen molar-refractivity contribution in [1.29, 1.82) is 0 Å². The van der Waals surface area contributed by atoms with Crippen molar-refractivity contribution in [2.45, 2.75) is 57.0 Å². The summed E-state index contributed by atoms with van der Waals surface area (Å²) in [6.07, 6.45) is 6.82. The molecule has 4 N–H and O–H groups in total. The Morgan fingerprint density at radius 3 is 2.46 bits per heavy atom. The molecule has 2 fully saturated rings. The molecule has 2 aliphatic rings. The van der Waals surface area contributed by atoms with Gasteiger partial charge in [0.25, 0.3) is 0 Å². The number of ether oxygens (including phenoxy) is 1. The molecule has 0 bridgehead atoms. The fraction of sp³-hybridized carbons (Fsp3) is 0.812. The molecule has 1 aliphatic carbocycles. The second-order valence-corrected chi connectivity index (χ2v) is 6.52. The number of amides is 3. The number of carboxylic acids is 1. The van der Waals surface area contributed by atoms with E-state index in [9.17, 15) is 19.5 Å². The highest BCUT2D eigenvalue weighted by Gasteiger charge is 2.31. The van der Waals surface area contributed by atoms with Gasteiger partial charge >= 0.3 is 12.0 Å². The summed E-state index contributed by atoms with van der Waals surface area (Å²) in [7, 11) is 0. The number of hydrogen-bond donors (Lipinski definition) is 4. The molecule has 8 heteroatoms. The molecular formula is C16H27N3O5. The normalized spacial score (nSPS) is 23.1. The van der Waals surface area contributed by atoms with Gasteiger partial charge in [-0.2, -0.15) is 0 Å². The Morgan fingerprint density at radius 1 is 1.08 bits per heavy atom. The Bertz CT molecular complexity index is 445. The van der Waals surface area contributed by atoms with Gasteiger partial charge < -0.3 is 25.8 Å². The minimum atomic E-state index is -1.08. The number of carbonyl (C=O) groups is 3. The van der Waals surface area contributed by atoms with Crippen LogP contribution in [0.15, 0.2) is 0 Å². The summed E-state index contributed by atoms with van der Waals surface area (Å²) < 4.78 is 5.28. The van der Waals surface area contributed by atoms with E-state index in [1.165, 1.54) is 6.42 Å². The number of hydrogen-bond acceptors (Lipinski definition) is 4. The van der Waals surface area contributed by atoms with Gasteiger partial charge in [-0.05, 0) is 25.7 Å². The fourth-order valence-electron chi connectivity index (χ4n) is 3.28. The Hall–Kier alpha value is -1.83. The topological polar surface area (TPSA) is 117 Å². The van der Waals surface area contributed by atoms with Gasteiger partial charge in [-0.3, -0.25) is 4.79 Å². The van der Waals surface area contributed by atoms with Crippen molar-refractivity contribution >= 4 is 17.9 Å². The van der Waals surface area contributed by atoms with Crippen LogP contribution in [0.25, 0.3) is 0 Å². The maximum absolute atomic E-state index is 11.9. The molecule has 0 radical (unpaired) electrons. The Kier molecular flexibility index (Phi) is 7.30. The first-order chi connectivity index (χ1) is 11.6. The average molecular weight is 341 g/mol. The van der Waals surface area contributed by atoms with Crippen LogP contribution in [0.1, 0.15) is 44.9 Å². The third kappa shape index (κ3) is 5.99. The number of carbonyl (C=O) groups excluding carboxylic acids is 2. The number of carboxylic acid groups (broad SMARTS) is 1. The second-order valence-electron chi connectivity index (χ2n) is 6.52. The average Bonchev–Trinajstić information content (AvgIpc) is 2.59. The van der Waals surface area contributed by atoms with Crippen LogP contribution in [-0.2, 0) is 14.3 Å². The van der Waals surface area contributed by atoms with Gasteiger partial charge in [0.1, 0.15) is 6.04 Å². The zero-order valence-electron chi connectivity index (χ0n) is 13.9. The van der Waals surface area contributed by atoms with Crippen molar-refractivity contribution in [3.63, 3.8) is 0 Å². The van der Waals surface area contributed by atoms with Crippen molar-refractivity contribution in [3.8, 4) is 0 Å². The van der Waals surface area contributed by atoms with E-state index < -0.39 is 17.9 Å². The van der Waals surface area contributed by atoms with Crippen LogP contribution in [0.3, 0.4) is 0 Å². The largest absolute Gasteiger partial charge is 0.480 e. The van der Waals surface area contributed by atoms with Crippen LogP contribution in [0.5, 0.6) is 0 Å². The van der Waals surface area contributed by atoms with E-state index in [0.717, 1.165) is 32.1 Å². The van der Waals surface area contributed by atoms with Gasteiger partial charge in [-0.25, -0.2) is 9.59 Å². The van der Waals surface area contributed by atoms with E-state index in [1.807, 2.05) is 0 Å². The first-order valence-corrected chi connectivity index (χ1v) is 8.70. The molecule has 0 aromatic heterocycles. The zero-order valence-corrected chi connectivity index (χ0v) is 13.9. The predicted octanol–water partition coefficient (Wildman–Crippen LogP) is 0.614. The molecule has 3 amide bonds. The van der Waals surface area contributed by atoms with Gasteiger partial charge in [0, 0.05) is 18.6 Å². The van der Waals surface area contributed by atoms with Crippen LogP contribution in [0, 0.1) is 5.92 Å². The minimum Gasteiger partial charge on any atom is -0.480 e. The van der Waals surface area contributed by atoms with E-state index >= 15 is 0 Å². The van der Waals surface area contributed by atoms with Crippen LogP contribution in [0.2, 0.25) is 0 Å². The van der Waals surface area contributed by atoms with Crippen LogP contribution in [-0.4, -0.2) is 54.9 Å². The first kappa shape index (κ1) is 18.5.